The molecule has 0 bridgehead atoms. The molecule has 11 heavy (non-hydrogen) atoms. The Hall–Kier alpha value is -0.0800. The van der Waals surface area contributed by atoms with Gasteiger partial charge in [-0.2, -0.15) is 0 Å². The van der Waals surface area contributed by atoms with Crippen molar-refractivity contribution in [3.63, 3.8) is 0 Å². The van der Waals surface area contributed by atoms with Gasteiger partial charge in [-0.15, -0.1) is 0 Å². The first-order chi connectivity index (χ1) is 5.43. The minimum absolute atomic E-state index is 0.504. The highest BCUT2D eigenvalue weighted by Gasteiger charge is 2.12. The second kappa shape index (κ2) is 5.56. The van der Waals surface area contributed by atoms with Crippen LogP contribution in [0, 0.1) is 5.92 Å². The molecule has 0 aromatic carbocycles. The van der Waals surface area contributed by atoms with Crippen LogP contribution in [0.4, 0.5) is 0 Å². The number of hydrogen-bond donors (Lipinski definition) is 0. The van der Waals surface area contributed by atoms with Crippen LogP contribution in [-0.2, 0) is 9.47 Å². The van der Waals surface area contributed by atoms with E-state index in [1.54, 1.807) is 0 Å². The maximum atomic E-state index is 5.19. The van der Waals surface area contributed by atoms with Crippen molar-refractivity contribution in [2.24, 2.45) is 5.92 Å². The minimum atomic E-state index is 0.504. The fourth-order valence-corrected chi connectivity index (χ4v) is 1.39. The van der Waals surface area contributed by atoms with Crippen molar-refractivity contribution in [2.75, 3.05) is 20.0 Å². The molecule has 0 spiro atoms. The monoisotopic (exact) mass is 158 g/mol. The summed E-state index contributed by atoms with van der Waals surface area (Å²) in [6.45, 7) is 4.55. The van der Waals surface area contributed by atoms with Crippen LogP contribution in [0.15, 0.2) is 0 Å². The summed E-state index contributed by atoms with van der Waals surface area (Å²) < 4.78 is 10.4. The predicted molar refractivity (Wildman–Crippen MR) is 44.4 cm³/mol. The van der Waals surface area contributed by atoms with Gasteiger partial charge in [-0.3, -0.25) is 0 Å². The van der Waals surface area contributed by atoms with Gasteiger partial charge in [0.1, 0.15) is 6.79 Å². The Bertz CT molecular complexity index is 87.6. The summed E-state index contributed by atoms with van der Waals surface area (Å²) >= 11 is 0. The van der Waals surface area contributed by atoms with Crippen LogP contribution in [0.3, 0.4) is 0 Å². The highest BCUT2D eigenvalue weighted by Crippen LogP contribution is 2.13. The maximum Gasteiger partial charge on any atom is 0.146 e. The molecule has 0 N–H and O–H groups in total. The van der Waals surface area contributed by atoms with E-state index < -0.39 is 0 Å². The van der Waals surface area contributed by atoms with Crippen molar-refractivity contribution in [1.82, 2.24) is 0 Å². The maximum absolute atomic E-state index is 5.19. The molecule has 0 aromatic rings. The van der Waals surface area contributed by atoms with Crippen molar-refractivity contribution in [3.05, 3.63) is 0 Å². The summed E-state index contributed by atoms with van der Waals surface area (Å²) in [4.78, 5) is 0. The van der Waals surface area contributed by atoms with Gasteiger partial charge in [-0.05, 0) is 6.42 Å². The lowest BCUT2D eigenvalue weighted by atomic mass is 10.0. The summed E-state index contributed by atoms with van der Waals surface area (Å²) in [6.07, 6.45) is 5.24. The van der Waals surface area contributed by atoms with Crippen LogP contribution in [0.1, 0.15) is 32.6 Å². The summed E-state index contributed by atoms with van der Waals surface area (Å²) in [7, 11) is 0. The fourth-order valence-electron chi connectivity index (χ4n) is 1.39. The molecule has 66 valence electrons. The van der Waals surface area contributed by atoms with Crippen molar-refractivity contribution in [3.8, 4) is 0 Å². The first kappa shape index (κ1) is 9.01. The Morgan fingerprint density at radius 2 is 1.91 bits per heavy atom. The van der Waals surface area contributed by atoms with E-state index in [0.29, 0.717) is 12.7 Å². The van der Waals surface area contributed by atoms with Gasteiger partial charge in [0.05, 0.1) is 13.2 Å². The Morgan fingerprint density at radius 1 is 1.18 bits per heavy atom. The van der Waals surface area contributed by atoms with Gasteiger partial charge in [-0.1, -0.05) is 26.2 Å². The Kier molecular flexibility index (Phi) is 4.55. The molecular formula is C9H18O2. The molecule has 0 radical (unpaired) electrons. The topological polar surface area (TPSA) is 18.5 Å². The molecule has 1 saturated heterocycles. The van der Waals surface area contributed by atoms with E-state index in [0.717, 1.165) is 13.2 Å². The van der Waals surface area contributed by atoms with E-state index in [1.807, 2.05) is 0 Å². The number of unbranched alkanes of at least 4 members (excludes halogenated alkanes) is 2. The zero-order chi connectivity index (χ0) is 7.94. The average Bonchev–Trinajstić information content (AvgIpc) is 2.07. The van der Waals surface area contributed by atoms with E-state index >= 15 is 0 Å². The first-order valence-corrected chi connectivity index (χ1v) is 4.59. The van der Waals surface area contributed by atoms with Crippen LogP contribution in [0.2, 0.25) is 0 Å². The summed E-state index contributed by atoms with van der Waals surface area (Å²) in [5, 5.41) is 0. The quantitative estimate of drug-likeness (QED) is 0.584. The normalized spacial score (nSPS) is 20.5. The standard InChI is InChI=1S/C9H18O2/c1-2-3-4-5-9-6-10-8-11-7-9/h9H,2-8H2,1H3. The molecule has 2 heteroatoms. The van der Waals surface area contributed by atoms with Crippen molar-refractivity contribution in [1.29, 1.82) is 0 Å². The lowest BCUT2D eigenvalue weighted by molar-refractivity contribution is -0.127. The molecular weight excluding hydrogens is 140 g/mol. The molecule has 0 atom stereocenters. The zero-order valence-corrected chi connectivity index (χ0v) is 7.34. The van der Waals surface area contributed by atoms with E-state index in [9.17, 15) is 0 Å². The van der Waals surface area contributed by atoms with Crippen LogP contribution >= 0.6 is 0 Å². The summed E-state index contributed by atoms with van der Waals surface area (Å²) in [6, 6.07) is 0. The predicted octanol–water partition coefficient (Wildman–Crippen LogP) is 2.19. The Labute approximate surface area is 68.9 Å². The summed E-state index contributed by atoms with van der Waals surface area (Å²) in [5.41, 5.74) is 0. The lowest BCUT2D eigenvalue weighted by Crippen LogP contribution is -2.23. The smallest absolute Gasteiger partial charge is 0.146 e. The molecule has 0 saturated carbocycles. The van der Waals surface area contributed by atoms with E-state index in [2.05, 4.69) is 6.92 Å². The van der Waals surface area contributed by atoms with E-state index in [1.165, 1.54) is 25.7 Å². The lowest BCUT2D eigenvalue weighted by Gasteiger charge is -2.21. The average molecular weight is 158 g/mol. The minimum Gasteiger partial charge on any atom is -0.355 e. The first-order valence-electron chi connectivity index (χ1n) is 4.59. The van der Waals surface area contributed by atoms with Crippen LogP contribution in [0.25, 0.3) is 0 Å². The molecule has 1 aliphatic heterocycles. The summed E-state index contributed by atoms with van der Waals surface area (Å²) in [5.74, 6) is 0.662. The third-order valence-electron chi connectivity index (χ3n) is 2.09. The van der Waals surface area contributed by atoms with Gasteiger partial charge in [0.15, 0.2) is 0 Å². The van der Waals surface area contributed by atoms with E-state index in [-0.39, 0.29) is 0 Å². The third-order valence-corrected chi connectivity index (χ3v) is 2.09. The van der Waals surface area contributed by atoms with Crippen LogP contribution in [-0.4, -0.2) is 20.0 Å². The van der Waals surface area contributed by atoms with Gasteiger partial charge in [0.2, 0.25) is 0 Å². The molecule has 0 amide bonds. The van der Waals surface area contributed by atoms with Gasteiger partial charge in [0.25, 0.3) is 0 Å². The largest absolute Gasteiger partial charge is 0.355 e. The molecule has 1 fully saturated rings. The van der Waals surface area contributed by atoms with Gasteiger partial charge in [0, 0.05) is 5.92 Å². The number of hydrogen-bond acceptors (Lipinski definition) is 2. The molecule has 0 aromatic heterocycles. The fraction of sp³-hybridized carbons (Fsp3) is 1.00. The van der Waals surface area contributed by atoms with Crippen molar-refractivity contribution in [2.45, 2.75) is 32.6 Å². The Balaban J connectivity index is 1.96. The van der Waals surface area contributed by atoms with Crippen LogP contribution in [0.5, 0.6) is 0 Å². The van der Waals surface area contributed by atoms with Gasteiger partial charge < -0.3 is 9.47 Å². The van der Waals surface area contributed by atoms with Gasteiger partial charge in [-0.25, -0.2) is 0 Å². The second-order valence-electron chi connectivity index (χ2n) is 3.22. The van der Waals surface area contributed by atoms with E-state index in [4.69, 9.17) is 9.47 Å². The highest BCUT2D eigenvalue weighted by molar-refractivity contribution is 4.59. The second-order valence-corrected chi connectivity index (χ2v) is 3.22. The van der Waals surface area contributed by atoms with Gasteiger partial charge >= 0.3 is 0 Å². The molecule has 1 rings (SSSR count). The highest BCUT2D eigenvalue weighted by atomic mass is 16.7. The Morgan fingerprint density at radius 3 is 2.55 bits per heavy atom. The molecule has 0 unspecified atom stereocenters. The number of ether oxygens (including phenoxy) is 2. The molecule has 0 aliphatic carbocycles. The third kappa shape index (κ3) is 3.73. The van der Waals surface area contributed by atoms with Crippen molar-refractivity contribution >= 4 is 0 Å². The SMILES string of the molecule is CCCCCC1COCOC1. The number of rotatable bonds is 4. The zero-order valence-electron chi connectivity index (χ0n) is 7.34. The van der Waals surface area contributed by atoms with Crippen LogP contribution < -0.4 is 0 Å². The molecule has 2 nitrogen and oxygen atoms in total. The molecule has 1 heterocycles. The molecule has 1 aliphatic rings. The van der Waals surface area contributed by atoms with Crippen molar-refractivity contribution < 1.29 is 9.47 Å².